The zero-order valence-corrected chi connectivity index (χ0v) is 9.76. The number of amides is 1. The number of halogens is 1. The Morgan fingerprint density at radius 2 is 2.17 bits per heavy atom. The minimum Gasteiger partial charge on any atom is -0.388 e. The number of carbonyl (C=O) groups excluding carboxylic acids is 2. The van der Waals surface area contributed by atoms with Crippen molar-refractivity contribution < 1.29 is 24.2 Å². The summed E-state index contributed by atoms with van der Waals surface area (Å²) < 4.78 is 13.0. The molecule has 0 aliphatic rings. The van der Waals surface area contributed by atoms with E-state index >= 15 is 0 Å². The average Bonchev–Trinajstić information content (AvgIpc) is 2.34. The van der Waals surface area contributed by atoms with Gasteiger partial charge in [0.25, 0.3) is 0 Å². The first-order valence-corrected chi connectivity index (χ1v) is 5.31. The zero-order chi connectivity index (χ0) is 13.7. The van der Waals surface area contributed by atoms with Crippen LogP contribution in [-0.4, -0.2) is 35.1 Å². The molecule has 1 aromatic carbocycles. The van der Waals surface area contributed by atoms with Crippen molar-refractivity contribution in [3.8, 4) is 0 Å². The summed E-state index contributed by atoms with van der Waals surface area (Å²) in [5.41, 5.74) is 0.0774. The lowest BCUT2D eigenvalue weighted by atomic mass is 9.99. The number of benzene rings is 1. The van der Waals surface area contributed by atoms with E-state index in [-0.39, 0.29) is 23.6 Å². The molecule has 1 rings (SSSR count). The van der Waals surface area contributed by atoms with Gasteiger partial charge in [0.05, 0.1) is 0 Å². The Labute approximate surface area is 103 Å². The van der Waals surface area contributed by atoms with E-state index in [0.717, 1.165) is 12.1 Å². The molecule has 0 saturated carbocycles. The molecule has 2 unspecified atom stereocenters. The molecular formula is C12H14FNO4. The van der Waals surface area contributed by atoms with Crippen molar-refractivity contribution in [1.82, 2.24) is 5.32 Å². The monoisotopic (exact) mass is 255 g/mol. The third-order valence-corrected chi connectivity index (χ3v) is 2.42. The van der Waals surface area contributed by atoms with Crippen molar-refractivity contribution in [2.75, 3.05) is 6.54 Å². The molecule has 6 heteroatoms. The van der Waals surface area contributed by atoms with Crippen LogP contribution < -0.4 is 5.32 Å². The summed E-state index contributed by atoms with van der Waals surface area (Å²) in [5.74, 6) is -0.988. The number of aliphatic hydroxyl groups excluding tert-OH is 2. The molecule has 2 atom stereocenters. The standard InChI is InChI=1S/C12H14FNO4/c1-7(16)14-5-11(17)12(18)10-4-9(13)3-2-8(10)6-15/h2-4,6,11-12,17-18H,5H2,1H3,(H,14,16). The summed E-state index contributed by atoms with van der Waals surface area (Å²) in [5, 5.41) is 21.8. The van der Waals surface area contributed by atoms with Crippen LogP contribution in [0.15, 0.2) is 18.2 Å². The molecule has 1 amide bonds. The normalized spacial score (nSPS) is 13.8. The molecule has 0 bridgehead atoms. The van der Waals surface area contributed by atoms with Crippen molar-refractivity contribution in [3.05, 3.63) is 35.1 Å². The van der Waals surface area contributed by atoms with E-state index in [1.54, 1.807) is 0 Å². The van der Waals surface area contributed by atoms with Gasteiger partial charge < -0.3 is 15.5 Å². The molecule has 0 aliphatic heterocycles. The number of aldehydes is 1. The minimum absolute atomic E-state index is 0.0112. The molecule has 0 fully saturated rings. The number of aliphatic hydroxyl groups is 2. The second-order valence-corrected chi connectivity index (χ2v) is 3.84. The van der Waals surface area contributed by atoms with Crippen molar-refractivity contribution in [2.45, 2.75) is 19.1 Å². The van der Waals surface area contributed by atoms with Gasteiger partial charge in [-0.25, -0.2) is 4.39 Å². The maximum atomic E-state index is 13.0. The van der Waals surface area contributed by atoms with E-state index in [1.807, 2.05) is 0 Å². The summed E-state index contributed by atoms with van der Waals surface area (Å²) >= 11 is 0. The third-order valence-electron chi connectivity index (χ3n) is 2.42. The Bertz CT molecular complexity index is 450. The van der Waals surface area contributed by atoms with Crippen LogP contribution in [0.25, 0.3) is 0 Å². The molecule has 0 saturated heterocycles. The number of rotatable bonds is 5. The van der Waals surface area contributed by atoms with Gasteiger partial charge in [-0.05, 0) is 23.8 Å². The molecule has 1 aromatic rings. The second kappa shape index (κ2) is 6.23. The van der Waals surface area contributed by atoms with Crippen LogP contribution >= 0.6 is 0 Å². The fourth-order valence-corrected chi connectivity index (χ4v) is 1.48. The maximum absolute atomic E-state index is 13.0. The predicted molar refractivity (Wildman–Crippen MR) is 61.4 cm³/mol. The van der Waals surface area contributed by atoms with E-state index < -0.39 is 18.0 Å². The highest BCUT2D eigenvalue weighted by molar-refractivity contribution is 5.77. The van der Waals surface area contributed by atoms with E-state index in [4.69, 9.17) is 0 Å². The number of hydrogen-bond donors (Lipinski definition) is 3. The van der Waals surface area contributed by atoms with Crippen LogP contribution in [0.4, 0.5) is 4.39 Å². The first-order chi connectivity index (χ1) is 8.45. The summed E-state index contributed by atoms with van der Waals surface area (Å²) in [4.78, 5) is 21.4. The van der Waals surface area contributed by atoms with Crippen molar-refractivity contribution in [1.29, 1.82) is 0 Å². The summed E-state index contributed by atoms with van der Waals surface area (Å²) in [7, 11) is 0. The highest BCUT2D eigenvalue weighted by atomic mass is 19.1. The quantitative estimate of drug-likeness (QED) is 0.654. The van der Waals surface area contributed by atoms with Crippen molar-refractivity contribution >= 4 is 12.2 Å². The zero-order valence-electron chi connectivity index (χ0n) is 9.76. The molecule has 0 spiro atoms. The minimum atomic E-state index is -1.45. The van der Waals surface area contributed by atoms with Gasteiger partial charge in [-0.15, -0.1) is 0 Å². The number of hydrogen-bond acceptors (Lipinski definition) is 4. The van der Waals surface area contributed by atoms with Crippen LogP contribution in [0.1, 0.15) is 28.9 Å². The van der Waals surface area contributed by atoms with Crippen LogP contribution in [-0.2, 0) is 4.79 Å². The second-order valence-electron chi connectivity index (χ2n) is 3.84. The molecule has 0 aromatic heterocycles. The van der Waals surface area contributed by atoms with Crippen LogP contribution in [0.3, 0.4) is 0 Å². The Balaban J connectivity index is 2.88. The molecule has 3 N–H and O–H groups in total. The van der Waals surface area contributed by atoms with E-state index in [9.17, 15) is 24.2 Å². The van der Waals surface area contributed by atoms with Gasteiger partial charge in [0, 0.05) is 19.0 Å². The van der Waals surface area contributed by atoms with Crippen molar-refractivity contribution in [3.63, 3.8) is 0 Å². The summed E-state index contributed by atoms with van der Waals surface area (Å²) in [6, 6.07) is 3.28. The Kier molecular flexibility index (Phi) is 4.94. The molecular weight excluding hydrogens is 241 g/mol. The van der Waals surface area contributed by atoms with Crippen LogP contribution in [0.5, 0.6) is 0 Å². The number of carbonyl (C=O) groups is 2. The smallest absolute Gasteiger partial charge is 0.216 e. The first-order valence-electron chi connectivity index (χ1n) is 5.31. The Morgan fingerprint density at radius 3 is 2.72 bits per heavy atom. The van der Waals surface area contributed by atoms with E-state index in [2.05, 4.69) is 5.32 Å². The van der Waals surface area contributed by atoms with E-state index in [1.165, 1.54) is 13.0 Å². The van der Waals surface area contributed by atoms with Gasteiger partial charge in [0.2, 0.25) is 5.91 Å². The number of nitrogens with one attached hydrogen (secondary N) is 1. The summed E-state index contributed by atoms with van der Waals surface area (Å²) in [6.45, 7) is 1.07. The lowest BCUT2D eigenvalue weighted by Gasteiger charge is -2.19. The van der Waals surface area contributed by atoms with Crippen LogP contribution in [0.2, 0.25) is 0 Å². The Hall–Kier alpha value is -1.79. The predicted octanol–water partition coefficient (Wildman–Crippen LogP) is 0.169. The molecule has 0 aliphatic carbocycles. The fourth-order valence-electron chi connectivity index (χ4n) is 1.48. The molecule has 0 heterocycles. The van der Waals surface area contributed by atoms with E-state index in [0.29, 0.717) is 6.29 Å². The lowest BCUT2D eigenvalue weighted by molar-refractivity contribution is -0.119. The van der Waals surface area contributed by atoms with Crippen molar-refractivity contribution in [2.24, 2.45) is 0 Å². The molecule has 18 heavy (non-hydrogen) atoms. The lowest BCUT2D eigenvalue weighted by Crippen LogP contribution is -2.34. The Morgan fingerprint density at radius 1 is 1.50 bits per heavy atom. The van der Waals surface area contributed by atoms with Gasteiger partial charge in [0.15, 0.2) is 0 Å². The molecule has 98 valence electrons. The molecule has 0 radical (unpaired) electrons. The van der Waals surface area contributed by atoms with Gasteiger partial charge in [-0.3, -0.25) is 9.59 Å². The SMILES string of the molecule is CC(=O)NCC(O)C(O)c1cc(F)ccc1C=O. The van der Waals surface area contributed by atoms with Gasteiger partial charge >= 0.3 is 0 Å². The summed E-state index contributed by atoms with van der Waals surface area (Å²) in [6.07, 6.45) is -2.31. The first kappa shape index (κ1) is 14.3. The van der Waals surface area contributed by atoms with Gasteiger partial charge in [-0.2, -0.15) is 0 Å². The van der Waals surface area contributed by atoms with Crippen LogP contribution in [0, 0.1) is 5.82 Å². The highest BCUT2D eigenvalue weighted by Gasteiger charge is 2.21. The van der Waals surface area contributed by atoms with Gasteiger partial charge in [0.1, 0.15) is 24.3 Å². The average molecular weight is 255 g/mol. The topological polar surface area (TPSA) is 86.6 Å². The van der Waals surface area contributed by atoms with Gasteiger partial charge in [-0.1, -0.05) is 0 Å². The third kappa shape index (κ3) is 3.61. The fraction of sp³-hybridized carbons (Fsp3) is 0.333. The molecule has 5 nitrogen and oxygen atoms in total. The largest absolute Gasteiger partial charge is 0.388 e. The maximum Gasteiger partial charge on any atom is 0.216 e. The highest BCUT2D eigenvalue weighted by Crippen LogP contribution is 2.21.